The predicted molar refractivity (Wildman–Crippen MR) is 95.1 cm³/mol. The summed E-state index contributed by atoms with van der Waals surface area (Å²) in [6.45, 7) is 0. The molecular weight excluding hydrogens is 339 g/mol. The van der Waals surface area contributed by atoms with Crippen molar-refractivity contribution in [3.8, 4) is 11.5 Å². The highest BCUT2D eigenvalue weighted by Gasteiger charge is 2.15. The van der Waals surface area contributed by atoms with Crippen molar-refractivity contribution in [3.05, 3.63) is 66.5 Å². The van der Waals surface area contributed by atoms with Gasteiger partial charge in [-0.1, -0.05) is 0 Å². The van der Waals surface area contributed by atoms with Crippen molar-refractivity contribution in [2.45, 2.75) is 0 Å². The Morgan fingerprint density at radius 3 is 2.81 bits per heavy atom. The Balaban J connectivity index is 0.00000261. The first-order valence-electron chi connectivity index (χ1n) is 7.41. The number of pyridine rings is 3. The second-order valence-corrected chi connectivity index (χ2v) is 4.93. The van der Waals surface area contributed by atoms with Crippen LogP contribution in [0.4, 0.5) is 16.0 Å². The standard InChI is InChI=1S/C17H13FN6O2.H2/c18-11-3-4-15(21-7-11)24-17(25)14-6-13(9-22-16(14)23-10-19)26-12-2-1-5-20-8-12;/h1-10H,(H2,19,22,23)(H,21,24,25);1H. The molecule has 0 spiro atoms. The average Bonchev–Trinajstić information content (AvgIpc) is 2.66. The lowest BCUT2D eigenvalue weighted by molar-refractivity contribution is 0.102. The van der Waals surface area contributed by atoms with Gasteiger partial charge in [0.15, 0.2) is 5.82 Å². The average molecular weight is 354 g/mol. The molecule has 0 aliphatic rings. The lowest BCUT2D eigenvalue weighted by Crippen LogP contribution is -2.14. The highest BCUT2D eigenvalue weighted by molar-refractivity contribution is 6.07. The van der Waals surface area contributed by atoms with Gasteiger partial charge in [-0.15, -0.1) is 0 Å². The zero-order valence-corrected chi connectivity index (χ0v) is 13.3. The van der Waals surface area contributed by atoms with Gasteiger partial charge in [-0.3, -0.25) is 9.78 Å². The highest BCUT2D eigenvalue weighted by atomic mass is 19.1. The summed E-state index contributed by atoms with van der Waals surface area (Å²) in [5, 5.41) is 2.54. The third kappa shape index (κ3) is 4.15. The number of nitrogens with zero attached hydrogens (tertiary/aromatic N) is 4. The molecule has 0 bridgehead atoms. The minimum Gasteiger partial charge on any atom is -0.454 e. The van der Waals surface area contributed by atoms with E-state index in [0.717, 1.165) is 12.5 Å². The summed E-state index contributed by atoms with van der Waals surface area (Å²) < 4.78 is 18.5. The number of ether oxygens (including phenoxy) is 1. The SMILES string of the molecule is N/C=N\c1ncc(Oc2cccnc2)cc1C(=O)Nc1ccc(F)cn1.[HH]. The zero-order chi connectivity index (χ0) is 18.4. The van der Waals surface area contributed by atoms with Gasteiger partial charge in [-0.2, -0.15) is 0 Å². The summed E-state index contributed by atoms with van der Waals surface area (Å²) in [4.78, 5) is 28.2. The van der Waals surface area contributed by atoms with Gasteiger partial charge in [0.2, 0.25) is 0 Å². The smallest absolute Gasteiger partial charge is 0.260 e. The fourth-order valence-corrected chi connectivity index (χ4v) is 2.01. The Hall–Kier alpha value is -3.88. The molecule has 0 unspecified atom stereocenters. The van der Waals surface area contributed by atoms with E-state index in [-0.39, 0.29) is 18.6 Å². The second-order valence-electron chi connectivity index (χ2n) is 4.93. The number of anilines is 1. The minimum atomic E-state index is -0.547. The van der Waals surface area contributed by atoms with Crippen LogP contribution >= 0.6 is 0 Å². The maximum Gasteiger partial charge on any atom is 0.260 e. The molecule has 0 saturated heterocycles. The number of hydrogen-bond acceptors (Lipinski definition) is 6. The van der Waals surface area contributed by atoms with Crippen LogP contribution < -0.4 is 15.8 Å². The molecule has 0 aromatic carbocycles. The van der Waals surface area contributed by atoms with Crippen LogP contribution in [0.2, 0.25) is 0 Å². The van der Waals surface area contributed by atoms with Crippen LogP contribution in [0, 0.1) is 5.82 Å². The first-order chi connectivity index (χ1) is 12.7. The van der Waals surface area contributed by atoms with Crippen molar-refractivity contribution in [1.29, 1.82) is 0 Å². The van der Waals surface area contributed by atoms with E-state index >= 15 is 0 Å². The molecule has 26 heavy (non-hydrogen) atoms. The fraction of sp³-hybridized carbons (Fsp3) is 0. The molecule has 3 aromatic heterocycles. The monoisotopic (exact) mass is 354 g/mol. The van der Waals surface area contributed by atoms with Gasteiger partial charge in [0, 0.05) is 7.62 Å². The summed E-state index contributed by atoms with van der Waals surface area (Å²) >= 11 is 0. The number of halogens is 1. The van der Waals surface area contributed by atoms with Crippen molar-refractivity contribution >= 4 is 23.9 Å². The predicted octanol–water partition coefficient (Wildman–Crippen LogP) is 2.92. The first kappa shape index (κ1) is 17.0. The van der Waals surface area contributed by atoms with E-state index < -0.39 is 11.7 Å². The van der Waals surface area contributed by atoms with Crippen LogP contribution in [0.3, 0.4) is 0 Å². The van der Waals surface area contributed by atoms with Crippen LogP contribution in [-0.2, 0) is 0 Å². The normalized spacial score (nSPS) is 10.7. The molecule has 0 atom stereocenters. The summed E-state index contributed by atoms with van der Waals surface area (Å²) in [5.41, 5.74) is 5.41. The molecule has 0 aliphatic carbocycles. The highest BCUT2D eigenvalue weighted by Crippen LogP contribution is 2.26. The third-order valence-electron chi connectivity index (χ3n) is 3.12. The number of nitrogens with two attached hydrogens (primary N) is 1. The maximum atomic E-state index is 12.9. The van der Waals surface area contributed by atoms with E-state index in [1.54, 1.807) is 18.3 Å². The quantitative estimate of drug-likeness (QED) is 0.538. The molecule has 0 saturated carbocycles. The minimum absolute atomic E-state index is 0. The summed E-state index contributed by atoms with van der Waals surface area (Å²) in [6, 6.07) is 7.40. The molecule has 8 nitrogen and oxygen atoms in total. The van der Waals surface area contributed by atoms with Crippen molar-refractivity contribution in [3.63, 3.8) is 0 Å². The van der Waals surface area contributed by atoms with Gasteiger partial charge in [0.25, 0.3) is 5.91 Å². The number of nitrogens with one attached hydrogen (secondary N) is 1. The van der Waals surface area contributed by atoms with Gasteiger partial charge < -0.3 is 15.8 Å². The Morgan fingerprint density at radius 1 is 1.23 bits per heavy atom. The Morgan fingerprint density at radius 2 is 2.12 bits per heavy atom. The molecule has 0 fully saturated rings. The van der Waals surface area contributed by atoms with Crippen molar-refractivity contribution < 1.29 is 15.3 Å². The Kier molecular flexibility index (Phi) is 5.08. The molecule has 3 aromatic rings. The Labute approximate surface area is 149 Å². The van der Waals surface area contributed by atoms with Crippen LogP contribution in [0.5, 0.6) is 11.5 Å². The summed E-state index contributed by atoms with van der Waals surface area (Å²) in [5.74, 6) is 0.0178. The summed E-state index contributed by atoms with van der Waals surface area (Å²) in [7, 11) is 0. The molecule has 3 rings (SSSR count). The van der Waals surface area contributed by atoms with Gasteiger partial charge in [-0.25, -0.2) is 19.4 Å². The van der Waals surface area contributed by atoms with E-state index in [2.05, 4.69) is 25.3 Å². The number of aliphatic imine (C=N–C) groups is 1. The molecule has 132 valence electrons. The number of amides is 1. The lowest BCUT2D eigenvalue weighted by atomic mass is 10.2. The van der Waals surface area contributed by atoms with E-state index in [1.807, 2.05) is 0 Å². The van der Waals surface area contributed by atoms with Crippen molar-refractivity contribution in [2.24, 2.45) is 10.7 Å². The van der Waals surface area contributed by atoms with Gasteiger partial charge in [0.05, 0.1) is 30.5 Å². The first-order valence-corrected chi connectivity index (χ1v) is 7.41. The molecule has 0 aliphatic heterocycles. The molecule has 0 radical (unpaired) electrons. The van der Waals surface area contributed by atoms with E-state index in [1.165, 1.54) is 30.6 Å². The van der Waals surface area contributed by atoms with Crippen LogP contribution in [0.1, 0.15) is 11.8 Å². The molecular formula is C17H15FN6O2. The van der Waals surface area contributed by atoms with Crippen molar-refractivity contribution in [1.82, 2.24) is 15.0 Å². The molecule has 3 N–H and O–H groups in total. The van der Waals surface area contributed by atoms with Gasteiger partial charge in [-0.05, 0) is 30.3 Å². The zero-order valence-electron chi connectivity index (χ0n) is 13.3. The fourth-order valence-electron chi connectivity index (χ4n) is 2.01. The van der Waals surface area contributed by atoms with E-state index in [0.29, 0.717) is 11.5 Å². The topological polar surface area (TPSA) is 115 Å². The van der Waals surface area contributed by atoms with Crippen molar-refractivity contribution in [2.75, 3.05) is 5.32 Å². The number of carbonyl (C=O) groups is 1. The third-order valence-corrected chi connectivity index (χ3v) is 3.12. The molecule has 9 heteroatoms. The number of carbonyl (C=O) groups excluding carboxylic acids is 1. The lowest BCUT2D eigenvalue weighted by Gasteiger charge is -2.09. The van der Waals surface area contributed by atoms with Gasteiger partial charge >= 0.3 is 0 Å². The van der Waals surface area contributed by atoms with Crippen LogP contribution in [-0.4, -0.2) is 27.2 Å². The second kappa shape index (κ2) is 7.79. The maximum absolute atomic E-state index is 12.9. The van der Waals surface area contributed by atoms with Crippen LogP contribution in [0.25, 0.3) is 0 Å². The van der Waals surface area contributed by atoms with E-state index in [9.17, 15) is 9.18 Å². The number of hydrogen-bond donors (Lipinski definition) is 2. The molecule has 3 heterocycles. The van der Waals surface area contributed by atoms with Gasteiger partial charge in [0.1, 0.15) is 23.1 Å². The number of aromatic nitrogens is 3. The number of rotatable bonds is 5. The summed E-state index contributed by atoms with van der Waals surface area (Å²) in [6.07, 6.45) is 6.56. The largest absolute Gasteiger partial charge is 0.454 e. The van der Waals surface area contributed by atoms with Crippen LogP contribution in [0.15, 0.2) is 60.1 Å². The van der Waals surface area contributed by atoms with E-state index in [4.69, 9.17) is 10.5 Å². The molecule has 1 amide bonds. The Bertz CT molecular complexity index is 938.